The van der Waals surface area contributed by atoms with Crippen molar-refractivity contribution < 1.29 is 9.47 Å². The first kappa shape index (κ1) is 20.5. The zero-order chi connectivity index (χ0) is 20.2. The van der Waals surface area contributed by atoms with Crippen molar-refractivity contribution in [3.63, 3.8) is 0 Å². The van der Waals surface area contributed by atoms with E-state index < -0.39 is 0 Å². The molecule has 2 heterocycles. The highest BCUT2D eigenvalue weighted by atomic mass is 79.9. The molecule has 5 heteroatoms. The molecule has 0 bridgehead atoms. The largest absolute Gasteiger partial charge is 0.491 e. The van der Waals surface area contributed by atoms with Gasteiger partial charge in [-0.3, -0.25) is 0 Å². The van der Waals surface area contributed by atoms with E-state index in [1.165, 1.54) is 22.9 Å². The van der Waals surface area contributed by atoms with E-state index in [2.05, 4.69) is 64.3 Å². The molecular weight excluding hydrogens is 428 g/mol. The Morgan fingerprint density at radius 1 is 1.17 bits per heavy atom. The average molecular weight is 459 g/mol. The molecule has 0 saturated carbocycles. The monoisotopic (exact) mass is 458 g/mol. The van der Waals surface area contributed by atoms with Crippen molar-refractivity contribution in [1.29, 1.82) is 0 Å². The van der Waals surface area contributed by atoms with Crippen LogP contribution in [0.2, 0.25) is 0 Å². The van der Waals surface area contributed by atoms with Crippen molar-refractivity contribution >= 4 is 21.6 Å². The molecule has 0 aromatic heterocycles. The van der Waals surface area contributed by atoms with Crippen LogP contribution >= 0.6 is 15.9 Å². The summed E-state index contributed by atoms with van der Waals surface area (Å²) < 4.78 is 13.0. The van der Waals surface area contributed by atoms with Gasteiger partial charge >= 0.3 is 0 Å². The van der Waals surface area contributed by atoms with Gasteiger partial charge in [0.2, 0.25) is 0 Å². The number of anilines is 1. The first-order valence-electron chi connectivity index (χ1n) is 10.7. The molecule has 2 aromatic rings. The SMILES string of the molecule is CC(C)Oc1ccc(Br)c(CC2CCN(CC3COc4ccccc4N3)CC2)c1. The summed E-state index contributed by atoms with van der Waals surface area (Å²) in [5.41, 5.74) is 2.48. The van der Waals surface area contributed by atoms with Crippen molar-refractivity contribution in [3.8, 4) is 11.5 Å². The van der Waals surface area contributed by atoms with Crippen LogP contribution in [0.15, 0.2) is 46.9 Å². The molecule has 1 fully saturated rings. The molecule has 4 nitrogen and oxygen atoms in total. The predicted octanol–water partition coefficient (Wildman–Crippen LogP) is 5.36. The number of ether oxygens (including phenoxy) is 2. The second kappa shape index (κ2) is 9.40. The van der Waals surface area contributed by atoms with Gasteiger partial charge in [0.15, 0.2) is 0 Å². The van der Waals surface area contributed by atoms with Crippen molar-refractivity contribution in [2.24, 2.45) is 5.92 Å². The molecule has 2 aliphatic heterocycles. The summed E-state index contributed by atoms with van der Waals surface area (Å²) in [7, 11) is 0. The van der Waals surface area contributed by atoms with E-state index in [0.29, 0.717) is 6.04 Å². The Hall–Kier alpha value is -1.72. The van der Waals surface area contributed by atoms with Gasteiger partial charge in [0.05, 0.1) is 17.8 Å². The average Bonchev–Trinajstić information content (AvgIpc) is 2.71. The Labute approximate surface area is 182 Å². The van der Waals surface area contributed by atoms with E-state index in [1.807, 2.05) is 18.2 Å². The molecule has 1 N–H and O–H groups in total. The lowest BCUT2D eigenvalue weighted by atomic mass is 9.90. The van der Waals surface area contributed by atoms with Gasteiger partial charge < -0.3 is 19.7 Å². The lowest BCUT2D eigenvalue weighted by molar-refractivity contribution is 0.160. The Morgan fingerprint density at radius 3 is 2.76 bits per heavy atom. The van der Waals surface area contributed by atoms with Crippen LogP contribution < -0.4 is 14.8 Å². The number of likely N-dealkylation sites (tertiary alicyclic amines) is 1. The number of rotatable bonds is 6. The van der Waals surface area contributed by atoms with Gasteiger partial charge in [0, 0.05) is 11.0 Å². The maximum Gasteiger partial charge on any atom is 0.142 e. The summed E-state index contributed by atoms with van der Waals surface area (Å²) in [6.45, 7) is 8.24. The molecule has 1 unspecified atom stereocenters. The predicted molar refractivity (Wildman–Crippen MR) is 122 cm³/mol. The Balaban J connectivity index is 1.27. The number of hydrogen-bond acceptors (Lipinski definition) is 4. The van der Waals surface area contributed by atoms with Crippen molar-refractivity contribution in [2.75, 3.05) is 31.6 Å². The first-order valence-corrected chi connectivity index (χ1v) is 11.5. The molecule has 0 aliphatic carbocycles. The Bertz CT molecular complexity index is 818. The molecular formula is C24H31BrN2O2. The molecule has 4 rings (SSSR count). The Morgan fingerprint density at radius 2 is 1.97 bits per heavy atom. The van der Waals surface area contributed by atoms with Crippen molar-refractivity contribution in [1.82, 2.24) is 4.90 Å². The van der Waals surface area contributed by atoms with Gasteiger partial charge in [0.1, 0.15) is 18.1 Å². The molecule has 156 valence electrons. The molecule has 29 heavy (non-hydrogen) atoms. The highest BCUT2D eigenvalue weighted by Crippen LogP contribution is 2.31. The van der Waals surface area contributed by atoms with E-state index in [4.69, 9.17) is 9.47 Å². The molecule has 0 radical (unpaired) electrons. The van der Waals surface area contributed by atoms with Crippen molar-refractivity contribution in [2.45, 2.75) is 45.3 Å². The number of para-hydroxylation sites is 2. The van der Waals surface area contributed by atoms with E-state index in [-0.39, 0.29) is 6.10 Å². The van der Waals surface area contributed by atoms with E-state index in [9.17, 15) is 0 Å². The second-order valence-corrected chi connectivity index (χ2v) is 9.37. The Kier molecular flexibility index (Phi) is 6.66. The van der Waals surface area contributed by atoms with E-state index in [1.54, 1.807) is 0 Å². The lowest BCUT2D eigenvalue weighted by Crippen LogP contribution is -2.45. The zero-order valence-corrected chi connectivity index (χ0v) is 19.0. The molecule has 0 amide bonds. The second-order valence-electron chi connectivity index (χ2n) is 8.52. The maximum absolute atomic E-state index is 5.92. The highest BCUT2D eigenvalue weighted by Gasteiger charge is 2.25. The fraction of sp³-hybridized carbons (Fsp3) is 0.500. The maximum atomic E-state index is 5.92. The fourth-order valence-corrected chi connectivity index (χ4v) is 4.72. The van der Waals surface area contributed by atoms with Gasteiger partial charge in [-0.2, -0.15) is 0 Å². The van der Waals surface area contributed by atoms with E-state index in [0.717, 1.165) is 55.8 Å². The molecule has 1 saturated heterocycles. The van der Waals surface area contributed by atoms with Crippen LogP contribution in [0.1, 0.15) is 32.3 Å². The summed E-state index contributed by atoms with van der Waals surface area (Å²) in [5, 5.41) is 3.64. The fourth-order valence-electron chi connectivity index (χ4n) is 4.31. The van der Waals surface area contributed by atoms with E-state index >= 15 is 0 Å². The summed E-state index contributed by atoms with van der Waals surface area (Å²) >= 11 is 3.73. The number of halogens is 1. The first-order chi connectivity index (χ1) is 14.1. The van der Waals surface area contributed by atoms with Gasteiger partial charge in [-0.1, -0.05) is 28.1 Å². The zero-order valence-electron chi connectivity index (χ0n) is 17.4. The summed E-state index contributed by atoms with van der Waals surface area (Å²) in [5.74, 6) is 2.67. The standard InChI is InChI=1S/C24H31BrN2O2/c1-17(2)29-21-7-8-22(25)19(14-21)13-18-9-11-27(12-10-18)15-20-16-28-24-6-4-3-5-23(24)26-20/h3-8,14,17-18,20,26H,9-13,15-16H2,1-2H3. The number of hydrogen-bond donors (Lipinski definition) is 1. The quantitative estimate of drug-likeness (QED) is 0.631. The summed E-state index contributed by atoms with van der Waals surface area (Å²) in [6.07, 6.45) is 3.80. The lowest BCUT2D eigenvalue weighted by Gasteiger charge is -2.36. The van der Waals surface area contributed by atoms with Gasteiger partial charge in [-0.25, -0.2) is 0 Å². The molecule has 2 aliphatic rings. The smallest absolute Gasteiger partial charge is 0.142 e. The normalized spacial score (nSPS) is 20.1. The van der Waals surface area contributed by atoms with Gasteiger partial charge in [0.25, 0.3) is 0 Å². The summed E-state index contributed by atoms with van der Waals surface area (Å²) in [4.78, 5) is 2.58. The minimum absolute atomic E-state index is 0.205. The topological polar surface area (TPSA) is 33.7 Å². The number of fused-ring (bicyclic) bond motifs is 1. The highest BCUT2D eigenvalue weighted by molar-refractivity contribution is 9.10. The van der Waals surface area contributed by atoms with Crippen LogP contribution in [-0.2, 0) is 6.42 Å². The third-order valence-electron chi connectivity index (χ3n) is 5.77. The van der Waals surface area contributed by atoms with Crippen molar-refractivity contribution in [3.05, 3.63) is 52.5 Å². The number of piperidine rings is 1. The summed E-state index contributed by atoms with van der Waals surface area (Å²) in [6, 6.07) is 14.9. The third kappa shape index (κ3) is 5.46. The minimum Gasteiger partial charge on any atom is -0.491 e. The van der Waals surface area contributed by atoms with Crippen LogP contribution in [0.3, 0.4) is 0 Å². The number of nitrogens with zero attached hydrogens (tertiary/aromatic N) is 1. The van der Waals surface area contributed by atoms with Crippen LogP contribution in [0.25, 0.3) is 0 Å². The third-order valence-corrected chi connectivity index (χ3v) is 6.54. The van der Waals surface area contributed by atoms with Crippen LogP contribution in [-0.4, -0.2) is 43.3 Å². The van der Waals surface area contributed by atoms with Gasteiger partial charge in [-0.15, -0.1) is 0 Å². The molecule has 1 atom stereocenters. The van der Waals surface area contributed by atoms with Crippen LogP contribution in [0.5, 0.6) is 11.5 Å². The van der Waals surface area contributed by atoms with Crippen LogP contribution in [0, 0.1) is 5.92 Å². The minimum atomic E-state index is 0.205. The molecule has 0 spiro atoms. The molecule has 2 aromatic carbocycles. The van der Waals surface area contributed by atoms with Gasteiger partial charge in [-0.05, 0) is 88.0 Å². The van der Waals surface area contributed by atoms with Crippen LogP contribution in [0.4, 0.5) is 5.69 Å². The number of nitrogens with one attached hydrogen (secondary N) is 1. The number of benzene rings is 2.